The van der Waals surface area contributed by atoms with Crippen LogP contribution in [-0.4, -0.2) is 6.36 Å². The molecule has 1 saturated carbocycles. The summed E-state index contributed by atoms with van der Waals surface area (Å²) in [6, 6.07) is 4.47. The first-order chi connectivity index (χ1) is 18.1. The third-order valence-corrected chi connectivity index (χ3v) is 8.17. The Morgan fingerprint density at radius 1 is 0.842 bits per heavy atom. The predicted octanol–water partition coefficient (Wildman–Crippen LogP) is 10.6. The number of hydrogen-bond acceptors (Lipinski definition) is 1. The molecule has 0 aliphatic heterocycles. The van der Waals surface area contributed by atoms with Crippen LogP contribution in [0.4, 0.5) is 26.3 Å². The first kappa shape index (κ1) is 28.6. The fourth-order valence-electron chi connectivity index (χ4n) is 6.01. The summed E-state index contributed by atoms with van der Waals surface area (Å²) in [5.41, 5.74) is 2.28. The molecule has 0 unspecified atom stereocenters. The van der Waals surface area contributed by atoms with Gasteiger partial charge >= 0.3 is 6.36 Å². The summed E-state index contributed by atoms with van der Waals surface area (Å²) in [5.74, 6) is -3.59. The number of rotatable bonds is 10. The van der Waals surface area contributed by atoms with Crippen LogP contribution in [0.1, 0.15) is 95.1 Å². The van der Waals surface area contributed by atoms with Crippen molar-refractivity contribution in [2.24, 2.45) is 11.8 Å². The molecule has 0 N–H and O–H groups in total. The number of fused-ring (bicyclic) bond motifs is 1. The molecule has 4 rings (SSSR count). The van der Waals surface area contributed by atoms with Crippen molar-refractivity contribution in [2.45, 2.75) is 96.8 Å². The Hall–Kier alpha value is -2.44. The van der Waals surface area contributed by atoms with Gasteiger partial charge in [0.25, 0.3) is 0 Å². The van der Waals surface area contributed by atoms with Crippen LogP contribution in [0.3, 0.4) is 0 Å². The molecule has 2 aliphatic rings. The molecule has 1 nitrogen and oxygen atoms in total. The van der Waals surface area contributed by atoms with Gasteiger partial charge in [-0.15, -0.1) is 13.2 Å². The fraction of sp³-hybridized carbons (Fsp3) is 0.548. The summed E-state index contributed by atoms with van der Waals surface area (Å²) in [5, 5.41) is 0. The van der Waals surface area contributed by atoms with Crippen molar-refractivity contribution in [1.82, 2.24) is 0 Å². The van der Waals surface area contributed by atoms with Gasteiger partial charge in [0.1, 0.15) is 5.82 Å². The van der Waals surface area contributed by atoms with E-state index in [0.717, 1.165) is 36.7 Å². The molecular formula is C31H36F6O. The van der Waals surface area contributed by atoms with Gasteiger partial charge in [0.15, 0.2) is 11.6 Å². The summed E-state index contributed by atoms with van der Waals surface area (Å²) < 4.78 is 84.5. The highest BCUT2D eigenvalue weighted by Gasteiger charge is 2.34. The maximum absolute atomic E-state index is 15.4. The zero-order valence-corrected chi connectivity index (χ0v) is 21.9. The van der Waals surface area contributed by atoms with Crippen LogP contribution >= 0.6 is 0 Å². The van der Waals surface area contributed by atoms with Crippen molar-refractivity contribution < 1.29 is 31.1 Å². The number of alkyl halides is 3. The summed E-state index contributed by atoms with van der Waals surface area (Å²) in [7, 11) is 0. The minimum atomic E-state index is -5.24. The highest BCUT2D eigenvalue weighted by Crippen LogP contribution is 2.39. The maximum atomic E-state index is 15.4. The van der Waals surface area contributed by atoms with Crippen molar-refractivity contribution in [1.29, 1.82) is 0 Å². The van der Waals surface area contributed by atoms with Gasteiger partial charge in [-0.2, -0.15) is 0 Å². The Labute approximate surface area is 221 Å². The molecule has 0 saturated heterocycles. The normalized spacial score (nSPS) is 19.7. The first-order valence-electron chi connectivity index (χ1n) is 13.9. The zero-order valence-electron chi connectivity index (χ0n) is 21.9. The van der Waals surface area contributed by atoms with Crippen molar-refractivity contribution in [2.75, 3.05) is 0 Å². The summed E-state index contributed by atoms with van der Waals surface area (Å²) >= 11 is 0. The molecule has 208 valence electrons. The van der Waals surface area contributed by atoms with Gasteiger partial charge in [0.2, 0.25) is 5.75 Å². The number of ether oxygens (including phenoxy) is 1. The predicted molar refractivity (Wildman–Crippen MR) is 138 cm³/mol. The number of benzene rings is 2. The number of unbranched alkanes of at least 4 members (excludes halogenated alkanes) is 3. The highest BCUT2D eigenvalue weighted by atomic mass is 19.4. The molecule has 0 spiro atoms. The van der Waals surface area contributed by atoms with Gasteiger partial charge in [-0.1, -0.05) is 88.5 Å². The van der Waals surface area contributed by atoms with Gasteiger partial charge in [-0.3, -0.25) is 0 Å². The Bertz CT molecular complexity index is 1100. The molecule has 1 fully saturated rings. The quantitative estimate of drug-likeness (QED) is 0.216. The molecule has 0 bridgehead atoms. The van der Waals surface area contributed by atoms with Crippen molar-refractivity contribution >= 4 is 6.08 Å². The second kappa shape index (κ2) is 12.6. The van der Waals surface area contributed by atoms with E-state index < -0.39 is 29.6 Å². The maximum Gasteiger partial charge on any atom is 0.573 e. The highest BCUT2D eigenvalue weighted by molar-refractivity contribution is 5.71. The minimum absolute atomic E-state index is 0.0524. The molecule has 38 heavy (non-hydrogen) atoms. The Morgan fingerprint density at radius 3 is 2.13 bits per heavy atom. The molecule has 0 radical (unpaired) electrons. The van der Waals surface area contributed by atoms with E-state index in [0.29, 0.717) is 24.1 Å². The summed E-state index contributed by atoms with van der Waals surface area (Å²) in [4.78, 5) is 0. The van der Waals surface area contributed by atoms with E-state index in [1.807, 2.05) is 6.08 Å². The van der Waals surface area contributed by atoms with Crippen molar-refractivity contribution in [3.8, 4) is 16.9 Å². The van der Waals surface area contributed by atoms with Crippen LogP contribution in [0.15, 0.2) is 29.8 Å². The molecule has 0 aromatic heterocycles. The average Bonchev–Trinajstić information content (AvgIpc) is 2.88. The standard InChI is InChI=1S/C31H36F6O/c1-2-3-4-5-6-20-7-9-21(10-8-20)11-12-22-13-15-25-23(17-22)14-16-26(29(25)34)24-18-27(32)30(28(33)19-24)38-31(35,36)37/h14,16-21H,2-13,15H2,1H3. The van der Waals surface area contributed by atoms with E-state index in [2.05, 4.69) is 11.7 Å². The monoisotopic (exact) mass is 538 g/mol. The molecular weight excluding hydrogens is 502 g/mol. The van der Waals surface area contributed by atoms with Crippen LogP contribution in [0, 0.1) is 29.3 Å². The Kier molecular flexibility index (Phi) is 9.48. The van der Waals surface area contributed by atoms with Gasteiger partial charge in [-0.05, 0) is 66.3 Å². The SMILES string of the molecule is CCCCCCC1CCC(CCC2=Cc3ccc(-c4cc(F)c(OC(F)(F)F)c(F)c4)c(F)c3CC2)CC1. The van der Waals surface area contributed by atoms with E-state index in [9.17, 15) is 22.0 Å². The van der Waals surface area contributed by atoms with Crippen LogP contribution in [0.25, 0.3) is 17.2 Å². The summed E-state index contributed by atoms with van der Waals surface area (Å²) in [6.07, 6.45) is 12.1. The number of allylic oxidation sites excluding steroid dienone is 1. The third kappa shape index (κ3) is 7.35. The molecule has 2 aliphatic carbocycles. The third-order valence-electron chi connectivity index (χ3n) is 8.17. The van der Waals surface area contributed by atoms with Crippen molar-refractivity contribution in [3.05, 3.63) is 58.4 Å². The van der Waals surface area contributed by atoms with E-state index in [4.69, 9.17) is 0 Å². The van der Waals surface area contributed by atoms with Crippen LogP contribution in [0.5, 0.6) is 5.75 Å². The Balaban J connectivity index is 1.37. The largest absolute Gasteiger partial charge is 0.573 e. The minimum Gasteiger partial charge on any atom is -0.399 e. The second-order valence-corrected chi connectivity index (χ2v) is 10.9. The van der Waals surface area contributed by atoms with Gasteiger partial charge < -0.3 is 4.74 Å². The lowest BCUT2D eigenvalue weighted by Gasteiger charge is -2.29. The lowest BCUT2D eigenvalue weighted by molar-refractivity contribution is -0.276. The van der Waals surface area contributed by atoms with Gasteiger partial charge in [-0.25, -0.2) is 13.2 Å². The topological polar surface area (TPSA) is 9.23 Å². The summed E-state index contributed by atoms with van der Waals surface area (Å²) in [6.45, 7) is 2.24. The lowest BCUT2D eigenvalue weighted by Crippen LogP contribution is -2.19. The average molecular weight is 539 g/mol. The smallest absolute Gasteiger partial charge is 0.399 e. The van der Waals surface area contributed by atoms with E-state index in [1.54, 1.807) is 6.07 Å². The molecule has 2 aromatic rings. The molecule has 0 heterocycles. The van der Waals surface area contributed by atoms with Gasteiger partial charge in [0.05, 0.1) is 0 Å². The number of hydrogen-bond donors (Lipinski definition) is 0. The van der Waals surface area contributed by atoms with Crippen molar-refractivity contribution in [3.63, 3.8) is 0 Å². The van der Waals surface area contributed by atoms with Crippen LogP contribution in [0.2, 0.25) is 0 Å². The van der Waals surface area contributed by atoms with E-state index in [-0.39, 0.29) is 11.1 Å². The fourth-order valence-corrected chi connectivity index (χ4v) is 6.01. The zero-order chi connectivity index (χ0) is 27.3. The van der Waals surface area contributed by atoms with E-state index >= 15 is 4.39 Å². The second-order valence-electron chi connectivity index (χ2n) is 10.9. The van der Waals surface area contributed by atoms with Crippen LogP contribution < -0.4 is 4.74 Å². The van der Waals surface area contributed by atoms with Gasteiger partial charge in [0, 0.05) is 5.56 Å². The Morgan fingerprint density at radius 2 is 1.50 bits per heavy atom. The van der Waals surface area contributed by atoms with E-state index in [1.165, 1.54) is 69.4 Å². The molecule has 0 amide bonds. The van der Waals surface area contributed by atoms with Crippen LogP contribution in [-0.2, 0) is 6.42 Å². The lowest BCUT2D eigenvalue weighted by atomic mass is 9.77. The number of halogens is 6. The first-order valence-corrected chi connectivity index (χ1v) is 13.9. The molecule has 0 atom stereocenters. The molecule has 7 heteroatoms. The molecule has 2 aromatic carbocycles.